The summed E-state index contributed by atoms with van der Waals surface area (Å²) in [7, 11) is 6.46. The maximum absolute atomic E-state index is 8.44. The Morgan fingerprint density at radius 3 is 2.10 bits per heavy atom. The van der Waals surface area contributed by atoms with Crippen LogP contribution in [0, 0.1) is 0 Å². The molecular formula is C13H21ClINO4. The third kappa shape index (κ3) is 13.7. The standard InChI is InChI=1S/C12H19ClNO.CH2O3.HI/c1-14(2,3)8-9-15-12-6-4-11(10-13)5-7-12;2-1(3)4;/h4-7H,8-10H2,1-3H3;(H2,2,3,4);1H/q+1;;/p-1. The number of halogens is 2. The number of nitrogens with zero attached hydrogens (tertiary/aromatic N) is 1. The second-order valence-electron chi connectivity index (χ2n) is 4.91. The SMILES string of the molecule is C[N+](C)(C)CCOc1ccc(CCl)cc1.I.O=C([O-])O. The third-order valence-electron chi connectivity index (χ3n) is 2.11. The van der Waals surface area contributed by atoms with E-state index in [0.717, 1.165) is 28.9 Å². The Labute approximate surface area is 141 Å². The zero-order valence-corrected chi connectivity index (χ0v) is 14.9. The smallest absolute Gasteiger partial charge is 0.249 e. The maximum Gasteiger partial charge on any atom is 0.249 e. The van der Waals surface area contributed by atoms with Gasteiger partial charge in [-0.05, 0) is 17.7 Å². The van der Waals surface area contributed by atoms with Crippen molar-refractivity contribution in [3.63, 3.8) is 0 Å². The summed E-state index contributed by atoms with van der Waals surface area (Å²) in [5, 5.41) is 15.3. The highest BCUT2D eigenvalue weighted by Gasteiger charge is 2.06. The molecule has 0 aromatic heterocycles. The Hall–Kier alpha value is -0.730. The molecule has 0 amide bonds. The molecule has 0 saturated heterocycles. The van der Waals surface area contributed by atoms with Gasteiger partial charge in [-0.2, -0.15) is 0 Å². The number of alkyl halides is 1. The Morgan fingerprint density at radius 2 is 1.75 bits per heavy atom. The zero-order valence-electron chi connectivity index (χ0n) is 11.8. The number of quaternary nitrogens is 1. The highest BCUT2D eigenvalue weighted by molar-refractivity contribution is 14.0. The molecule has 0 aliphatic heterocycles. The third-order valence-corrected chi connectivity index (χ3v) is 2.42. The predicted molar refractivity (Wildman–Crippen MR) is 87.8 cm³/mol. The molecule has 0 fully saturated rings. The fraction of sp³-hybridized carbons (Fsp3) is 0.462. The van der Waals surface area contributed by atoms with Gasteiger partial charge >= 0.3 is 0 Å². The lowest BCUT2D eigenvalue weighted by atomic mass is 10.2. The van der Waals surface area contributed by atoms with Crippen LogP contribution in [0.4, 0.5) is 4.79 Å². The van der Waals surface area contributed by atoms with Crippen molar-refractivity contribution < 1.29 is 24.2 Å². The maximum atomic E-state index is 8.44. The molecular weight excluding hydrogens is 397 g/mol. The van der Waals surface area contributed by atoms with Gasteiger partial charge in [-0.1, -0.05) is 12.1 Å². The lowest BCUT2D eigenvalue weighted by molar-refractivity contribution is -0.870. The average molecular weight is 418 g/mol. The number of carboxylic acid groups (broad SMARTS) is 2. The number of likely N-dealkylation sites (N-methyl/N-ethyl adjacent to an activating group) is 1. The summed E-state index contributed by atoms with van der Waals surface area (Å²) in [6.07, 6.45) is -2.08. The Balaban J connectivity index is 0. The van der Waals surface area contributed by atoms with Crippen molar-refractivity contribution in [3.05, 3.63) is 29.8 Å². The second kappa shape index (κ2) is 11.0. The van der Waals surface area contributed by atoms with Crippen LogP contribution < -0.4 is 9.84 Å². The van der Waals surface area contributed by atoms with E-state index in [0.29, 0.717) is 5.88 Å². The van der Waals surface area contributed by atoms with Gasteiger partial charge in [0, 0.05) is 5.88 Å². The Bertz CT molecular complexity index is 375. The molecule has 7 heteroatoms. The van der Waals surface area contributed by atoms with Crippen LogP contribution in [0.5, 0.6) is 5.75 Å². The molecule has 0 aliphatic rings. The second-order valence-corrected chi connectivity index (χ2v) is 5.17. The van der Waals surface area contributed by atoms with Crippen LogP contribution in [0.15, 0.2) is 24.3 Å². The fourth-order valence-corrected chi connectivity index (χ4v) is 1.29. The summed E-state index contributed by atoms with van der Waals surface area (Å²) in [6.45, 7) is 1.74. The van der Waals surface area contributed by atoms with Crippen LogP contribution in [-0.2, 0) is 5.88 Å². The van der Waals surface area contributed by atoms with Crippen LogP contribution in [-0.4, -0.2) is 50.0 Å². The van der Waals surface area contributed by atoms with Crippen molar-refractivity contribution in [2.75, 3.05) is 34.3 Å². The minimum absolute atomic E-state index is 0. The first-order valence-electron chi connectivity index (χ1n) is 5.72. The van der Waals surface area contributed by atoms with Crippen molar-refractivity contribution in [2.45, 2.75) is 5.88 Å². The summed E-state index contributed by atoms with van der Waals surface area (Å²) in [5.74, 6) is 1.47. The molecule has 0 unspecified atom stereocenters. The van der Waals surface area contributed by atoms with Gasteiger partial charge < -0.3 is 24.2 Å². The number of hydrogen-bond acceptors (Lipinski definition) is 3. The highest BCUT2D eigenvalue weighted by atomic mass is 127. The van der Waals surface area contributed by atoms with Gasteiger partial charge in [-0.3, -0.25) is 0 Å². The quantitative estimate of drug-likeness (QED) is 0.452. The molecule has 0 saturated carbocycles. The lowest BCUT2D eigenvalue weighted by Crippen LogP contribution is -2.38. The van der Waals surface area contributed by atoms with Gasteiger partial charge in [-0.15, -0.1) is 35.6 Å². The van der Waals surface area contributed by atoms with E-state index in [-0.39, 0.29) is 24.0 Å². The van der Waals surface area contributed by atoms with Crippen LogP contribution in [0.1, 0.15) is 5.56 Å². The van der Waals surface area contributed by atoms with Crippen LogP contribution in [0.2, 0.25) is 0 Å². The van der Waals surface area contributed by atoms with E-state index in [1.54, 1.807) is 0 Å². The summed E-state index contributed by atoms with van der Waals surface area (Å²) >= 11 is 5.70. The minimum atomic E-state index is -2.08. The molecule has 1 N–H and O–H groups in total. The first kappa shape index (κ1) is 21.6. The summed E-state index contributed by atoms with van der Waals surface area (Å²) in [4.78, 5) is 8.44. The first-order chi connectivity index (χ1) is 8.74. The van der Waals surface area contributed by atoms with E-state index in [1.807, 2.05) is 24.3 Å². The lowest BCUT2D eigenvalue weighted by Gasteiger charge is -2.23. The molecule has 0 bridgehead atoms. The molecule has 0 radical (unpaired) electrons. The van der Waals surface area contributed by atoms with Gasteiger partial charge in [0.05, 0.1) is 21.1 Å². The zero-order chi connectivity index (χ0) is 14.9. The Kier molecular flexibility index (Phi) is 11.8. The normalized spacial score (nSPS) is 9.80. The fourth-order valence-electron chi connectivity index (χ4n) is 1.11. The van der Waals surface area contributed by atoms with Crippen molar-refractivity contribution in [2.24, 2.45) is 0 Å². The average Bonchev–Trinajstić information content (AvgIpc) is 2.27. The van der Waals surface area contributed by atoms with Crippen molar-refractivity contribution in [1.29, 1.82) is 0 Å². The van der Waals surface area contributed by atoms with Gasteiger partial charge in [0.2, 0.25) is 6.16 Å². The predicted octanol–water partition coefficient (Wildman–Crippen LogP) is 2.02. The number of carbonyl (C=O) groups is 1. The molecule has 20 heavy (non-hydrogen) atoms. The van der Waals surface area contributed by atoms with Crippen LogP contribution in [0.3, 0.4) is 0 Å². The van der Waals surface area contributed by atoms with Gasteiger partial charge in [-0.25, -0.2) is 0 Å². The van der Waals surface area contributed by atoms with Gasteiger partial charge in [0.1, 0.15) is 18.9 Å². The van der Waals surface area contributed by atoms with E-state index >= 15 is 0 Å². The largest absolute Gasteiger partial charge is 0.565 e. The van der Waals surface area contributed by atoms with E-state index in [4.69, 9.17) is 31.3 Å². The molecule has 1 aromatic carbocycles. The molecule has 1 aromatic rings. The van der Waals surface area contributed by atoms with Crippen LogP contribution in [0.25, 0.3) is 0 Å². The van der Waals surface area contributed by atoms with Crippen molar-refractivity contribution in [1.82, 2.24) is 0 Å². The van der Waals surface area contributed by atoms with E-state index in [1.165, 1.54) is 0 Å². The number of benzene rings is 1. The molecule has 0 aliphatic carbocycles. The Morgan fingerprint density at radius 1 is 1.30 bits per heavy atom. The summed E-state index contributed by atoms with van der Waals surface area (Å²) in [5.41, 5.74) is 1.12. The number of rotatable bonds is 5. The number of hydrogen-bond donors (Lipinski definition) is 1. The molecule has 5 nitrogen and oxygen atoms in total. The first-order valence-corrected chi connectivity index (χ1v) is 6.26. The minimum Gasteiger partial charge on any atom is -0.565 e. The van der Waals surface area contributed by atoms with Gasteiger partial charge in [0.15, 0.2) is 0 Å². The molecule has 1 rings (SSSR count). The molecule has 0 atom stereocenters. The van der Waals surface area contributed by atoms with Gasteiger partial charge in [0.25, 0.3) is 0 Å². The van der Waals surface area contributed by atoms with Crippen molar-refractivity contribution in [3.8, 4) is 5.75 Å². The summed E-state index contributed by atoms with van der Waals surface area (Å²) in [6, 6.07) is 7.92. The highest BCUT2D eigenvalue weighted by Crippen LogP contribution is 2.13. The molecule has 0 spiro atoms. The molecule has 116 valence electrons. The number of ether oxygens (including phenoxy) is 1. The van der Waals surface area contributed by atoms with E-state index in [9.17, 15) is 0 Å². The van der Waals surface area contributed by atoms with E-state index < -0.39 is 6.16 Å². The van der Waals surface area contributed by atoms with E-state index in [2.05, 4.69) is 21.1 Å². The summed E-state index contributed by atoms with van der Waals surface area (Å²) < 4.78 is 6.54. The van der Waals surface area contributed by atoms with Crippen molar-refractivity contribution >= 4 is 41.7 Å². The monoisotopic (exact) mass is 417 g/mol. The van der Waals surface area contributed by atoms with Crippen LogP contribution >= 0.6 is 35.6 Å². The molecule has 0 heterocycles. The topological polar surface area (TPSA) is 69.6 Å².